The molecule has 4 aromatic rings. The zero-order valence-electron chi connectivity index (χ0n) is 23.9. The summed E-state index contributed by atoms with van der Waals surface area (Å²) in [5, 5.41) is 10.7. The molecule has 0 bridgehead atoms. The molecule has 234 valence electrons. The second-order valence-corrected chi connectivity index (χ2v) is 11.0. The Morgan fingerprint density at radius 2 is 1.98 bits per heavy atom. The average molecular weight is 640 g/mol. The summed E-state index contributed by atoms with van der Waals surface area (Å²) in [4.78, 5) is 38.1. The van der Waals surface area contributed by atoms with Gasteiger partial charge in [-0.3, -0.25) is 19.8 Å². The van der Waals surface area contributed by atoms with Crippen LogP contribution in [0, 0.1) is 0 Å². The highest BCUT2D eigenvalue weighted by molar-refractivity contribution is 6.33. The average Bonchev–Trinajstić information content (AvgIpc) is 3.71. The van der Waals surface area contributed by atoms with E-state index in [1.165, 1.54) is 47.7 Å². The van der Waals surface area contributed by atoms with Crippen LogP contribution in [0.4, 0.5) is 13.6 Å². The van der Waals surface area contributed by atoms with Gasteiger partial charge in [-0.25, -0.2) is 14.5 Å². The number of benzene rings is 2. The van der Waals surface area contributed by atoms with Crippen LogP contribution >= 0.6 is 11.6 Å². The monoisotopic (exact) mass is 639 g/mol. The topological polar surface area (TPSA) is 157 Å². The van der Waals surface area contributed by atoms with Crippen LogP contribution in [-0.4, -0.2) is 91.7 Å². The third kappa shape index (κ3) is 5.95. The summed E-state index contributed by atoms with van der Waals surface area (Å²) in [7, 11) is 1.43. The molecule has 2 aliphatic rings. The van der Waals surface area contributed by atoms with Crippen molar-refractivity contribution >= 4 is 29.6 Å². The molecule has 1 atom stereocenters. The predicted octanol–water partition coefficient (Wildman–Crippen LogP) is 4.12. The van der Waals surface area contributed by atoms with Crippen molar-refractivity contribution in [2.75, 3.05) is 33.4 Å². The number of rotatable bonds is 8. The first-order valence-corrected chi connectivity index (χ1v) is 14.3. The van der Waals surface area contributed by atoms with Gasteiger partial charge < -0.3 is 20.1 Å². The number of alkyl halides is 2. The second kappa shape index (κ2) is 12.2. The van der Waals surface area contributed by atoms with Crippen LogP contribution in [0.5, 0.6) is 0 Å². The number of carbonyl (C=O) groups excluding carboxylic acids is 2. The molecule has 2 aromatic carbocycles. The molecule has 0 radical (unpaired) electrons. The fourth-order valence-corrected chi connectivity index (χ4v) is 5.51. The Labute approximate surface area is 260 Å². The summed E-state index contributed by atoms with van der Waals surface area (Å²) in [6.45, 7) is -1.52. The minimum atomic E-state index is -2.78. The number of aliphatic imine (C=N–C) groups is 1. The Kier molecular flexibility index (Phi) is 8.20. The van der Waals surface area contributed by atoms with E-state index in [1.807, 2.05) is 0 Å². The maximum absolute atomic E-state index is 14.1. The van der Waals surface area contributed by atoms with E-state index in [0.717, 1.165) is 6.42 Å². The number of nitrogens with zero attached hydrogens (tertiary/aromatic N) is 7. The molecule has 2 aromatic heterocycles. The normalized spacial score (nSPS) is 16.3. The molecule has 6 rings (SSSR count). The first-order chi connectivity index (χ1) is 21.7. The Bertz CT molecular complexity index is 1720. The van der Waals surface area contributed by atoms with Crippen LogP contribution in [0.15, 0.2) is 66.2 Å². The summed E-state index contributed by atoms with van der Waals surface area (Å²) in [5.74, 6) is -0.286. The number of H-pyrrole nitrogens is 1. The van der Waals surface area contributed by atoms with Crippen LogP contribution < -0.4 is 5.73 Å². The first-order valence-electron chi connectivity index (χ1n) is 13.9. The summed E-state index contributed by atoms with van der Waals surface area (Å²) < 4.78 is 37.9. The highest BCUT2D eigenvalue weighted by atomic mass is 35.5. The van der Waals surface area contributed by atoms with Gasteiger partial charge in [0.25, 0.3) is 5.91 Å². The highest BCUT2D eigenvalue weighted by Gasteiger charge is 2.51. The molecular weight excluding hydrogens is 612 g/mol. The number of ether oxygens (including phenoxy) is 2. The van der Waals surface area contributed by atoms with Gasteiger partial charge >= 0.3 is 12.6 Å². The minimum absolute atomic E-state index is 0.134. The maximum Gasteiger partial charge on any atom is 0.410 e. The lowest BCUT2D eigenvalue weighted by Gasteiger charge is -2.54. The van der Waals surface area contributed by atoms with Crippen LogP contribution in [0.25, 0.3) is 22.5 Å². The van der Waals surface area contributed by atoms with Crippen LogP contribution in [0.1, 0.15) is 34.9 Å². The van der Waals surface area contributed by atoms with Crippen molar-refractivity contribution in [3.05, 3.63) is 77.3 Å². The van der Waals surface area contributed by atoms with Gasteiger partial charge in [-0.2, -0.15) is 19.0 Å². The van der Waals surface area contributed by atoms with E-state index in [4.69, 9.17) is 26.8 Å². The summed E-state index contributed by atoms with van der Waals surface area (Å²) in [6.07, 6.45) is 4.18. The summed E-state index contributed by atoms with van der Waals surface area (Å²) in [6, 6.07) is 10.4. The summed E-state index contributed by atoms with van der Waals surface area (Å²) in [5.41, 5.74) is 8.31. The number of nitrogens with two attached hydrogens (primary N) is 1. The van der Waals surface area contributed by atoms with E-state index in [9.17, 15) is 18.4 Å². The standard InChI is InChI=1S/C29H28ClF2N9O4/c1-34-27(33)41(25(42)18-4-2-17(3-5-18)20-11-37-40(12-20)26(31)32)23(13-44-28(43)39-14-29(15-39)8-9-45-29)19-6-7-22(30)21(10-19)24-35-16-36-38-24/h2-7,10-12,16,23,26H,8-9,13-15H2,1H3,(H2,33,34)(H,35,36,38)/t23-/m1/s1. The van der Waals surface area contributed by atoms with Crippen LogP contribution in [0.2, 0.25) is 5.02 Å². The molecule has 0 unspecified atom stereocenters. The fraction of sp³-hybridized carbons (Fsp3) is 0.310. The molecular formula is C29H28ClF2N9O4. The molecule has 2 aliphatic heterocycles. The number of carbonyl (C=O) groups is 2. The third-order valence-electron chi connectivity index (χ3n) is 7.87. The lowest BCUT2D eigenvalue weighted by Crippen LogP contribution is -2.69. The Morgan fingerprint density at radius 1 is 1.22 bits per heavy atom. The largest absolute Gasteiger partial charge is 0.447 e. The number of aromatic amines is 1. The molecule has 3 N–H and O–H groups in total. The molecule has 16 heteroatoms. The Hall–Kier alpha value is -4.89. The van der Waals surface area contributed by atoms with Crippen molar-refractivity contribution in [2.24, 2.45) is 10.7 Å². The van der Waals surface area contributed by atoms with Crippen molar-refractivity contribution in [1.82, 2.24) is 34.8 Å². The number of aromatic nitrogens is 5. The number of amides is 2. The van der Waals surface area contributed by atoms with E-state index < -0.39 is 24.6 Å². The molecule has 1 spiro atoms. The first kappa shape index (κ1) is 30.1. The fourth-order valence-electron chi connectivity index (χ4n) is 5.30. The lowest BCUT2D eigenvalue weighted by atomic mass is 9.87. The van der Waals surface area contributed by atoms with E-state index in [1.54, 1.807) is 30.3 Å². The van der Waals surface area contributed by atoms with Gasteiger partial charge in [0.1, 0.15) is 18.5 Å². The zero-order valence-corrected chi connectivity index (χ0v) is 24.7. The smallest absolute Gasteiger partial charge is 0.410 e. The van der Waals surface area contributed by atoms with Gasteiger partial charge in [0.05, 0.1) is 37.0 Å². The van der Waals surface area contributed by atoms with Crippen molar-refractivity contribution in [3.63, 3.8) is 0 Å². The molecule has 0 aliphatic carbocycles. The zero-order chi connectivity index (χ0) is 31.7. The molecule has 4 heterocycles. The van der Waals surface area contributed by atoms with Gasteiger partial charge in [0, 0.05) is 36.4 Å². The molecule has 13 nitrogen and oxygen atoms in total. The highest BCUT2D eigenvalue weighted by Crippen LogP contribution is 2.37. The van der Waals surface area contributed by atoms with Gasteiger partial charge in [-0.05, 0) is 35.4 Å². The van der Waals surface area contributed by atoms with E-state index in [0.29, 0.717) is 57.5 Å². The van der Waals surface area contributed by atoms with Gasteiger partial charge in [0.2, 0.25) is 0 Å². The van der Waals surface area contributed by atoms with Crippen molar-refractivity contribution in [1.29, 1.82) is 0 Å². The van der Waals surface area contributed by atoms with E-state index in [-0.39, 0.29) is 23.7 Å². The third-order valence-corrected chi connectivity index (χ3v) is 8.19. The van der Waals surface area contributed by atoms with Gasteiger partial charge in [-0.15, -0.1) is 0 Å². The Balaban J connectivity index is 1.31. The molecule has 2 saturated heterocycles. The summed E-state index contributed by atoms with van der Waals surface area (Å²) >= 11 is 6.48. The number of nitrogens with one attached hydrogen (secondary N) is 1. The second-order valence-electron chi connectivity index (χ2n) is 10.6. The van der Waals surface area contributed by atoms with E-state index >= 15 is 0 Å². The quantitative estimate of drug-likeness (QED) is 0.215. The van der Waals surface area contributed by atoms with Gasteiger partial charge in [0.15, 0.2) is 11.8 Å². The van der Waals surface area contributed by atoms with Crippen molar-refractivity contribution in [2.45, 2.75) is 24.6 Å². The number of guanidine groups is 1. The SMILES string of the molecule is CN=C(N)N(C(=O)c1ccc(-c2cnn(C(F)F)c2)cc1)[C@H](COC(=O)N1CC2(CCO2)C1)c1ccc(Cl)c(-c2ncn[nH]2)c1. The number of halogens is 3. The molecule has 2 amide bonds. The van der Waals surface area contributed by atoms with Crippen LogP contribution in [0.3, 0.4) is 0 Å². The maximum atomic E-state index is 14.1. The number of likely N-dealkylation sites (tertiary alicyclic amines) is 1. The van der Waals surface area contributed by atoms with Gasteiger partial charge in [-0.1, -0.05) is 29.8 Å². The van der Waals surface area contributed by atoms with Crippen molar-refractivity contribution in [3.8, 4) is 22.5 Å². The molecule has 2 fully saturated rings. The number of hydrogen-bond donors (Lipinski definition) is 2. The number of hydrogen-bond acceptors (Lipinski definition) is 8. The Morgan fingerprint density at radius 3 is 2.58 bits per heavy atom. The molecule has 45 heavy (non-hydrogen) atoms. The minimum Gasteiger partial charge on any atom is -0.447 e. The predicted molar refractivity (Wildman–Crippen MR) is 158 cm³/mol. The van der Waals surface area contributed by atoms with E-state index in [2.05, 4.69) is 25.3 Å². The molecule has 0 saturated carbocycles. The van der Waals surface area contributed by atoms with Crippen LogP contribution in [-0.2, 0) is 9.47 Å². The van der Waals surface area contributed by atoms with Crippen molar-refractivity contribution < 1.29 is 27.8 Å². The lowest BCUT2D eigenvalue weighted by molar-refractivity contribution is -0.212.